The first-order chi connectivity index (χ1) is 9.17. The first kappa shape index (κ1) is 15.4. The van der Waals surface area contributed by atoms with Gasteiger partial charge in [-0.1, -0.05) is 0 Å². The molecule has 3 N–H and O–H groups in total. The van der Waals surface area contributed by atoms with Gasteiger partial charge in [-0.25, -0.2) is 5.84 Å². The fraction of sp³-hybridized carbons (Fsp3) is 0.462. The number of hydrazine groups is 1. The Bertz CT molecular complexity index is 381. The van der Waals surface area contributed by atoms with Crippen molar-refractivity contribution in [1.29, 1.82) is 0 Å². The highest BCUT2D eigenvalue weighted by atomic mass is 16.5. The number of carbonyl (C=O) groups excluding carboxylic acids is 1. The molecule has 0 saturated heterocycles. The van der Waals surface area contributed by atoms with Gasteiger partial charge in [0, 0.05) is 25.8 Å². The van der Waals surface area contributed by atoms with Gasteiger partial charge in [0.15, 0.2) is 0 Å². The molecular weight excluding hydrogens is 246 g/mol. The number of rotatable bonds is 8. The Kier molecular flexibility index (Phi) is 6.88. The van der Waals surface area contributed by atoms with Crippen LogP contribution in [-0.2, 0) is 4.74 Å². The van der Waals surface area contributed by atoms with Crippen LogP contribution in [0.25, 0.3) is 0 Å². The molecule has 0 aromatic heterocycles. The average Bonchev–Trinajstić information content (AvgIpc) is 2.45. The number of nitrogens with one attached hydrogen (secondary N) is 1. The van der Waals surface area contributed by atoms with Crippen molar-refractivity contribution in [2.24, 2.45) is 5.84 Å². The molecule has 6 nitrogen and oxygen atoms in total. The molecule has 6 heteroatoms. The third-order valence-corrected chi connectivity index (χ3v) is 2.67. The molecule has 0 spiro atoms. The number of hydrogen-bond acceptors (Lipinski definition) is 5. The van der Waals surface area contributed by atoms with Gasteiger partial charge in [-0.15, -0.1) is 0 Å². The molecule has 1 rings (SSSR count). The van der Waals surface area contributed by atoms with E-state index in [1.807, 2.05) is 7.05 Å². The van der Waals surface area contributed by atoms with Crippen molar-refractivity contribution in [3.05, 3.63) is 29.8 Å². The van der Waals surface area contributed by atoms with Crippen LogP contribution in [0.15, 0.2) is 24.3 Å². The molecule has 1 aromatic carbocycles. The third kappa shape index (κ3) is 5.69. The molecule has 1 aromatic rings. The Morgan fingerprint density at radius 3 is 2.47 bits per heavy atom. The minimum atomic E-state index is -0.314. The van der Waals surface area contributed by atoms with Gasteiger partial charge < -0.3 is 14.4 Å². The van der Waals surface area contributed by atoms with Gasteiger partial charge in [0.25, 0.3) is 5.91 Å². The lowest BCUT2D eigenvalue weighted by Gasteiger charge is -2.16. The monoisotopic (exact) mass is 267 g/mol. The topological polar surface area (TPSA) is 76.8 Å². The van der Waals surface area contributed by atoms with Crippen molar-refractivity contribution in [3.63, 3.8) is 0 Å². The largest absolute Gasteiger partial charge is 0.492 e. The Morgan fingerprint density at radius 2 is 1.89 bits per heavy atom. The van der Waals surface area contributed by atoms with E-state index in [-0.39, 0.29) is 5.91 Å². The molecule has 1 amide bonds. The lowest BCUT2D eigenvalue weighted by Crippen LogP contribution is -2.29. The lowest BCUT2D eigenvalue weighted by atomic mass is 10.2. The summed E-state index contributed by atoms with van der Waals surface area (Å²) in [6.45, 7) is 2.98. The molecule has 0 atom stereocenters. The van der Waals surface area contributed by atoms with Crippen LogP contribution in [0.4, 0.5) is 0 Å². The predicted octanol–water partition coefficient (Wildman–Crippen LogP) is 0.247. The second-order valence-corrected chi connectivity index (χ2v) is 4.14. The summed E-state index contributed by atoms with van der Waals surface area (Å²) in [4.78, 5) is 13.4. The van der Waals surface area contributed by atoms with Gasteiger partial charge >= 0.3 is 0 Å². The summed E-state index contributed by atoms with van der Waals surface area (Å²) in [7, 11) is 3.69. The second-order valence-electron chi connectivity index (χ2n) is 4.14. The number of ether oxygens (including phenoxy) is 2. The minimum absolute atomic E-state index is 0.314. The van der Waals surface area contributed by atoms with Gasteiger partial charge in [-0.3, -0.25) is 10.2 Å². The molecule has 0 radical (unpaired) electrons. The summed E-state index contributed by atoms with van der Waals surface area (Å²) >= 11 is 0. The van der Waals surface area contributed by atoms with Crippen molar-refractivity contribution in [3.8, 4) is 5.75 Å². The summed E-state index contributed by atoms with van der Waals surface area (Å²) in [6.07, 6.45) is 0. The highest BCUT2D eigenvalue weighted by molar-refractivity contribution is 5.93. The summed E-state index contributed by atoms with van der Waals surface area (Å²) in [5.41, 5.74) is 2.59. The molecule has 0 saturated carbocycles. The highest BCUT2D eigenvalue weighted by Crippen LogP contribution is 2.11. The van der Waals surface area contributed by atoms with E-state index in [0.717, 1.165) is 18.8 Å². The minimum Gasteiger partial charge on any atom is -0.492 e. The van der Waals surface area contributed by atoms with Crippen LogP contribution in [0.3, 0.4) is 0 Å². The van der Waals surface area contributed by atoms with Gasteiger partial charge in [-0.2, -0.15) is 0 Å². The number of amides is 1. The molecule has 0 heterocycles. The van der Waals surface area contributed by atoms with Crippen molar-refractivity contribution >= 4 is 5.91 Å². The molecule has 0 unspecified atom stereocenters. The Balaban J connectivity index is 2.32. The maximum atomic E-state index is 11.2. The summed E-state index contributed by atoms with van der Waals surface area (Å²) in [6, 6.07) is 6.85. The number of benzene rings is 1. The summed E-state index contributed by atoms with van der Waals surface area (Å²) in [5, 5.41) is 0. The number of nitrogens with two attached hydrogens (primary N) is 1. The van der Waals surface area contributed by atoms with Gasteiger partial charge in [0.1, 0.15) is 12.4 Å². The smallest absolute Gasteiger partial charge is 0.265 e. The second kappa shape index (κ2) is 8.47. The van der Waals surface area contributed by atoms with Crippen molar-refractivity contribution in [2.45, 2.75) is 0 Å². The molecule has 0 bridgehead atoms. The quantitative estimate of drug-likeness (QED) is 0.401. The molecule has 0 fully saturated rings. The van der Waals surface area contributed by atoms with Crippen LogP contribution in [0.2, 0.25) is 0 Å². The van der Waals surface area contributed by atoms with Crippen molar-refractivity contribution in [1.82, 2.24) is 10.3 Å². The van der Waals surface area contributed by atoms with Crippen molar-refractivity contribution < 1.29 is 14.3 Å². The normalized spacial score (nSPS) is 10.5. The van der Waals surface area contributed by atoms with E-state index < -0.39 is 0 Å². The zero-order valence-electron chi connectivity index (χ0n) is 11.4. The standard InChI is InChI=1S/C13H21N3O3/c1-16(7-9-18-2)8-10-19-12-5-3-11(4-6-12)13(17)15-14/h3-6H,7-10,14H2,1-2H3,(H,15,17). The van der Waals surface area contributed by atoms with Gasteiger partial charge in [0.2, 0.25) is 0 Å². The fourth-order valence-electron chi connectivity index (χ4n) is 1.46. The number of likely N-dealkylation sites (N-methyl/N-ethyl adjacent to an activating group) is 1. The first-order valence-corrected chi connectivity index (χ1v) is 6.08. The molecule has 19 heavy (non-hydrogen) atoms. The SMILES string of the molecule is COCCN(C)CCOc1ccc(C(=O)NN)cc1. The molecule has 0 aliphatic heterocycles. The summed E-state index contributed by atoms with van der Waals surface area (Å²) < 4.78 is 10.6. The Morgan fingerprint density at radius 1 is 1.26 bits per heavy atom. The van der Waals surface area contributed by atoms with Crippen LogP contribution in [0.5, 0.6) is 5.75 Å². The van der Waals surface area contributed by atoms with Crippen LogP contribution >= 0.6 is 0 Å². The number of methoxy groups -OCH3 is 1. The van der Waals surface area contributed by atoms with E-state index in [1.165, 1.54) is 0 Å². The van der Waals surface area contributed by atoms with Crippen LogP contribution < -0.4 is 16.0 Å². The van der Waals surface area contributed by atoms with E-state index >= 15 is 0 Å². The van der Waals surface area contributed by atoms with E-state index in [4.69, 9.17) is 15.3 Å². The predicted molar refractivity (Wildman–Crippen MR) is 73.0 cm³/mol. The third-order valence-electron chi connectivity index (χ3n) is 2.67. The number of carbonyl (C=O) groups is 1. The Labute approximate surface area is 113 Å². The molecular formula is C13H21N3O3. The van der Waals surface area contributed by atoms with E-state index in [2.05, 4.69) is 10.3 Å². The van der Waals surface area contributed by atoms with Gasteiger partial charge in [-0.05, 0) is 31.3 Å². The number of nitrogens with zero attached hydrogens (tertiary/aromatic N) is 1. The summed E-state index contributed by atoms with van der Waals surface area (Å²) in [5.74, 6) is 5.47. The van der Waals surface area contributed by atoms with E-state index in [1.54, 1.807) is 31.4 Å². The van der Waals surface area contributed by atoms with E-state index in [0.29, 0.717) is 18.8 Å². The van der Waals surface area contributed by atoms with Crippen LogP contribution in [-0.4, -0.2) is 51.3 Å². The van der Waals surface area contributed by atoms with Crippen molar-refractivity contribution in [2.75, 3.05) is 40.5 Å². The molecule has 0 aliphatic carbocycles. The fourth-order valence-corrected chi connectivity index (χ4v) is 1.46. The average molecular weight is 267 g/mol. The highest BCUT2D eigenvalue weighted by Gasteiger charge is 2.03. The maximum absolute atomic E-state index is 11.2. The first-order valence-electron chi connectivity index (χ1n) is 6.08. The number of nitrogen functional groups attached to an aromatic ring is 1. The lowest BCUT2D eigenvalue weighted by molar-refractivity contribution is 0.0953. The van der Waals surface area contributed by atoms with Crippen LogP contribution in [0.1, 0.15) is 10.4 Å². The van der Waals surface area contributed by atoms with Crippen LogP contribution in [0, 0.1) is 0 Å². The number of hydrogen-bond donors (Lipinski definition) is 2. The van der Waals surface area contributed by atoms with E-state index in [9.17, 15) is 4.79 Å². The zero-order chi connectivity index (χ0) is 14.1. The maximum Gasteiger partial charge on any atom is 0.265 e. The molecule has 0 aliphatic rings. The molecule has 106 valence electrons. The van der Waals surface area contributed by atoms with Gasteiger partial charge in [0.05, 0.1) is 6.61 Å². The Hall–Kier alpha value is -1.63. The zero-order valence-corrected chi connectivity index (χ0v) is 11.4.